The first-order valence-electron chi connectivity index (χ1n) is 7.55. The molecule has 0 amide bonds. The second-order valence-electron chi connectivity index (χ2n) is 5.55. The van der Waals surface area contributed by atoms with Gasteiger partial charge in [0.25, 0.3) is 0 Å². The number of hydrogen-bond donors (Lipinski definition) is 1. The summed E-state index contributed by atoms with van der Waals surface area (Å²) in [6.45, 7) is -0.407. The summed E-state index contributed by atoms with van der Waals surface area (Å²) in [7, 11) is -5.85. The minimum Gasteiger partial charge on any atom is -0.459 e. The highest BCUT2D eigenvalue weighted by atomic mass is 32.2. The van der Waals surface area contributed by atoms with Gasteiger partial charge in [-0.1, -0.05) is 48.5 Å². The molecule has 0 saturated carbocycles. The molecule has 1 aliphatic rings. The number of ether oxygens (including phenoxy) is 1. The van der Waals surface area contributed by atoms with Crippen LogP contribution in [-0.2, 0) is 19.6 Å². The molecule has 9 heteroatoms. The fourth-order valence-corrected chi connectivity index (χ4v) is 4.23. The second-order valence-corrected chi connectivity index (χ2v) is 8.23. The Balaban J connectivity index is 1.65. The topological polar surface area (TPSA) is 80.7 Å². The Morgan fingerprint density at radius 3 is 2.08 bits per heavy atom. The molecule has 138 valence electrons. The highest BCUT2D eigenvalue weighted by Gasteiger charge is 2.54. The number of rotatable bonds is 6. The third-order valence-electron chi connectivity index (χ3n) is 3.94. The van der Waals surface area contributed by atoms with Crippen molar-refractivity contribution in [1.29, 1.82) is 0 Å². The summed E-state index contributed by atoms with van der Waals surface area (Å²) in [5.74, 6) is -2.10. The third kappa shape index (κ3) is 3.34. The maximum absolute atomic E-state index is 13.1. The largest absolute Gasteiger partial charge is 0.465 e. The molecular formula is C17H14F2O5S2. The molecule has 2 aromatic carbocycles. The minimum atomic E-state index is -5.85. The van der Waals surface area contributed by atoms with Crippen molar-refractivity contribution in [3.05, 3.63) is 59.7 Å². The molecular weight excluding hydrogens is 386 g/mol. The molecule has 2 aromatic rings. The average molecular weight is 400 g/mol. The predicted molar refractivity (Wildman–Crippen MR) is 93.6 cm³/mol. The van der Waals surface area contributed by atoms with Gasteiger partial charge in [0.05, 0.1) is 5.25 Å². The molecule has 1 N–H and O–H groups in total. The minimum absolute atomic E-state index is 0.0387. The standard InChI is InChI=1S/C17H14F2O5S2/c18-17(19,26(21,22)23)16(20)24-9-10-25-15-13-7-3-1-5-11(13)12-6-2-4-8-14(12)15/h1-8,15H,9-10H2,(H,21,22,23). The molecule has 0 aromatic heterocycles. The van der Waals surface area contributed by atoms with Crippen LogP contribution in [0.15, 0.2) is 48.5 Å². The highest BCUT2D eigenvalue weighted by Crippen LogP contribution is 2.49. The smallest absolute Gasteiger partial charge is 0.459 e. The molecule has 26 heavy (non-hydrogen) atoms. The molecule has 0 bridgehead atoms. The van der Waals surface area contributed by atoms with Crippen molar-refractivity contribution in [2.45, 2.75) is 10.5 Å². The van der Waals surface area contributed by atoms with Crippen LogP contribution >= 0.6 is 11.8 Å². The van der Waals surface area contributed by atoms with Gasteiger partial charge in [0.2, 0.25) is 0 Å². The quantitative estimate of drug-likeness (QED) is 0.454. The van der Waals surface area contributed by atoms with E-state index < -0.39 is 27.9 Å². The van der Waals surface area contributed by atoms with Gasteiger partial charge in [-0.2, -0.15) is 17.2 Å². The fraction of sp³-hybridized carbons (Fsp3) is 0.235. The first-order valence-corrected chi connectivity index (χ1v) is 10.0. The number of carbonyl (C=O) groups excluding carboxylic acids is 1. The van der Waals surface area contributed by atoms with Crippen LogP contribution in [0, 0.1) is 0 Å². The maximum Gasteiger partial charge on any atom is 0.465 e. The van der Waals surface area contributed by atoms with E-state index in [0.29, 0.717) is 0 Å². The number of esters is 1. The number of halogens is 2. The molecule has 0 atom stereocenters. The van der Waals surface area contributed by atoms with Gasteiger partial charge in [0, 0.05) is 5.75 Å². The van der Waals surface area contributed by atoms with Gasteiger partial charge < -0.3 is 4.74 Å². The normalized spacial score (nSPS) is 14.0. The number of carbonyl (C=O) groups is 1. The Kier molecular flexibility index (Phi) is 5.05. The van der Waals surface area contributed by atoms with Crippen molar-refractivity contribution >= 4 is 27.8 Å². The number of thioether (sulfide) groups is 1. The van der Waals surface area contributed by atoms with Crippen LogP contribution in [0.2, 0.25) is 0 Å². The van der Waals surface area contributed by atoms with E-state index in [2.05, 4.69) is 4.74 Å². The van der Waals surface area contributed by atoms with Gasteiger partial charge in [0.15, 0.2) is 0 Å². The zero-order valence-corrected chi connectivity index (χ0v) is 14.9. The van der Waals surface area contributed by atoms with Gasteiger partial charge >= 0.3 is 21.3 Å². The van der Waals surface area contributed by atoms with E-state index in [1.165, 1.54) is 11.8 Å². The fourth-order valence-electron chi connectivity index (χ4n) is 2.78. The van der Waals surface area contributed by atoms with Gasteiger partial charge in [-0.3, -0.25) is 4.55 Å². The lowest BCUT2D eigenvalue weighted by Crippen LogP contribution is -2.39. The van der Waals surface area contributed by atoms with E-state index in [0.717, 1.165) is 22.3 Å². The van der Waals surface area contributed by atoms with E-state index in [-0.39, 0.29) is 11.0 Å². The Morgan fingerprint density at radius 2 is 1.58 bits per heavy atom. The first kappa shape index (κ1) is 18.8. The number of benzene rings is 2. The monoisotopic (exact) mass is 400 g/mol. The van der Waals surface area contributed by atoms with Crippen molar-refractivity contribution < 1.29 is 31.3 Å². The van der Waals surface area contributed by atoms with Crippen molar-refractivity contribution in [2.24, 2.45) is 0 Å². The van der Waals surface area contributed by atoms with Gasteiger partial charge in [0.1, 0.15) is 6.61 Å². The van der Waals surface area contributed by atoms with E-state index in [4.69, 9.17) is 4.55 Å². The summed E-state index contributed by atoms with van der Waals surface area (Å²) in [6.07, 6.45) is 0. The molecule has 0 radical (unpaired) electrons. The summed E-state index contributed by atoms with van der Waals surface area (Å²) < 4.78 is 60.0. The Morgan fingerprint density at radius 1 is 1.08 bits per heavy atom. The van der Waals surface area contributed by atoms with Crippen LogP contribution in [0.1, 0.15) is 16.4 Å². The third-order valence-corrected chi connectivity index (χ3v) is 6.00. The van der Waals surface area contributed by atoms with E-state index in [1.807, 2.05) is 48.5 Å². The highest BCUT2D eigenvalue weighted by molar-refractivity contribution is 7.99. The van der Waals surface area contributed by atoms with Gasteiger partial charge in [-0.15, -0.1) is 11.8 Å². The summed E-state index contributed by atoms with van der Waals surface area (Å²) in [5, 5.41) is -5.01. The summed E-state index contributed by atoms with van der Waals surface area (Å²) in [6, 6.07) is 15.6. The van der Waals surface area contributed by atoms with E-state index >= 15 is 0 Å². The van der Waals surface area contributed by atoms with Crippen molar-refractivity contribution in [3.63, 3.8) is 0 Å². The lowest BCUT2D eigenvalue weighted by molar-refractivity contribution is -0.160. The van der Waals surface area contributed by atoms with Gasteiger partial charge in [-0.25, -0.2) is 4.79 Å². The zero-order chi connectivity index (χ0) is 18.9. The molecule has 3 rings (SSSR count). The predicted octanol–water partition coefficient (Wildman–Crippen LogP) is 3.51. The molecule has 0 spiro atoms. The molecule has 0 fully saturated rings. The Labute approximate surface area is 153 Å². The summed E-state index contributed by atoms with van der Waals surface area (Å²) in [5.41, 5.74) is 4.34. The maximum atomic E-state index is 13.1. The Hall–Kier alpha value is -1.97. The number of fused-ring (bicyclic) bond motifs is 3. The summed E-state index contributed by atoms with van der Waals surface area (Å²) in [4.78, 5) is 11.2. The SMILES string of the molecule is O=C(OCCSC1c2ccccc2-c2ccccc21)C(F)(F)S(=O)(=O)O. The van der Waals surface area contributed by atoms with Crippen LogP contribution in [-0.4, -0.2) is 36.6 Å². The number of alkyl halides is 2. The van der Waals surface area contributed by atoms with Gasteiger partial charge in [-0.05, 0) is 22.3 Å². The second kappa shape index (κ2) is 6.98. The molecule has 0 unspecified atom stereocenters. The molecule has 0 aliphatic heterocycles. The first-order chi connectivity index (χ1) is 12.2. The van der Waals surface area contributed by atoms with Crippen molar-refractivity contribution in [1.82, 2.24) is 0 Å². The molecule has 5 nitrogen and oxygen atoms in total. The lowest BCUT2D eigenvalue weighted by Gasteiger charge is -2.15. The van der Waals surface area contributed by atoms with E-state index in [1.54, 1.807) is 0 Å². The van der Waals surface area contributed by atoms with E-state index in [9.17, 15) is 22.0 Å². The van der Waals surface area contributed by atoms with Crippen LogP contribution < -0.4 is 0 Å². The van der Waals surface area contributed by atoms with Crippen LogP contribution in [0.25, 0.3) is 11.1 Å². The summed E-state index contributed by atoms with van der Waals surface area (Å²) >= 11 is 1.40. The average Bonchev–Trinajstić information content (AvgIpc) is 2.92. The van der Waals surface area contributed by atoms with Crippen LogP contribution in [0.3, 0.4) is 0 Å². The number of hydrogen-bond acceptors (Lipinski definition) is 5. The zero-order valence-electron chi connectivity index (χ0n) is 13.3. The lowest BCUT2D eigenvalue weighted by atomic mass is 10.1. The van der Waals surface area contributed by atoms with Crippen LogP contribution in [0.4, 0.5) is 8.78 Å². The van der Waals surface area contributed by atoms with Crippen molar-refractivity contribution in [2.75, 3.05) is 12.4 Å². The molecule has 0 saturated heterocycles. The molecule has 0 heterocycles. The molecule has 1 aliphatic carbocycles. The Bertz CT molecular complexity index is 898. The van der Waals surface area contributed by atoms with Crippen molar-refractivity contribution in [3.8, 4) is 11.1 Å². The van der Waals surface area contributed by atoms with Crippen LogP contribution in [0.5, 0.6) is 0 Å².